The summed E-state index contributed by atoms with van der Waals surface area (Å²) in [6.07, 6.45) is -0.867. The highest BCUT2D eigenvalue weighted by atomic mass is 16.6. The highest BCUT2D eigenvalue weighted by molar-refractivity contribution is 5.80. The van der Waals surface area contributed by atoms with Crippen LogP contribution in [0.4, 0.5) is 4.79 Å². The number of hydrogen-bond donors (Lipinski definition) is 2. The number of allylic oxidation sites excluding steroid dienone is 1. The van der Waals surface area contributed by atoms with E-state index < -0.39 is 18.1 Å². The number of aliphatic carboxylic acids is 1. The van der Waals surface area contributed by atoms with E-state index in [1.165, 1.54) is 6.92 Å². The van der Waals surface area contributed by atoms with Gasteiger partial charge < -0.3 is 19.9 Å². The molecule has 1 amide bonds. The fraction of sp³-hybridized carbons (Fsp3) is 0.286. The average Bonchev–Trinajstić information content (AvgIpc) is 2.37. The van der Waals surface area contributed by atoms with Gasteiger partial charge in [-0.3, -0.25) is 0 Å². The van der Waals surface area contributed by atoms with E-state index in [9.17, 15) is 9.59 Å². The van der Waals surface area contributed by atoms with E-state index in [1.54, 1.807) is 0 Å². The molecule has 0 aromatic heterocycles. The number of nitrogens with one attached hydrogen (secondary N) is 1. The summed E-state index contributed by atoms with van der Waals surface area (Å²) in [5.41, 5.74) is 0.918. The quantitative estimate of drug-likeness (QED) is 0.745. The van der Waals surface area contributed by atoms with E-state index in [4.69, 9.17) is 9.84 Å². The molecule has 0 aliphatic rings. The molecule has 0 bridgehead atoms. The Labute approximate surface area is 117 Å². The minimum absolute atomic E-state index is 0.157. The van der Waals surface area contributed by atoms with Crippen molar-refractivity contribution in [3.05, 3.63) is 48.2 Å². The molecular formula is C14H17NO5. The molecule has 0 aliphatic carbocycles. The lowest BCUT2D eigenvalue weighted by Gasteiger charge is -2.14. The number of hydrogen-bond acceptors (Lipinski definition) is 4. The maximum atomic E-state index is 11.3. The van der Waals surface area contributed by atoms with Crippen molar-refractivity contribution in [3.63, 3.8) is 0 Å². The van der Waals surface area contributed by atoms with Gasteiger partial charge in [-0.15, -0.1) is 0 Å². The summed E-state index contributed by atoms with van der Waals surface area (Å²) < 4.78 is 9.91. The third kappa shape index (κ3) is 6.01. The molecule has 6 heteroatoms. The number of carboxylic acids is 1. The van der Waals surface area contributed by atoms with Gasteiger partial charge in [0.05, 0.1) is 19.0 Å². The first-order valence-electron chi connectivity index (χ1n) is 5.97. The van der Waals surface area contributed by atoms with E-state index >= 15 is 0 Å². The van der Waals surface area contributed by atoms with Crippen LogP contribution in [0.15, 0.2) is 42.7 Å². The second-order valence-electron chi connectivity index (χ2n) is 4.13. The minimum Gasteiger partial charge on any atom is -0.480 e. The van der Waals surface area contributed by atoms with E-state index in [1.807, 2.05) is 30.3 Å². The van der Waals surface area contributed by atoms with Crippen molar-refractivity contribution in [1.29, 1.82) is 0 Å². The molecule has 20 heavy (non-hydrogen) atoms. The molecule has 0 heterocycles. The first-order valence-corrected chi connectivity index (χ1v) is 5.97. The predicted octanol–water partition coefficient (Wildman–Crippen LogP) is 1.92. The minimum atomic E-state index is -1.20. The van der Waals surface area contributed by atoms with Gasteiger partial charge in [0.15, 0.2) is 6.04 Å². The van der Waals surface area contributed by atoms with Gasteiger partial charge in [0.25, 0.3) is 0 Å². The Morgan fingerprint density at radius 1 is 1.35 bits per heavy atom. The fourth-order valence-corrected chi connectivity index (χ4v) is 1.37. The smallest absolute Gasteiger partial charge is 0.413 e. The standard InChI is InChI=1S/C14H17NO5/c1-10(2)20-14(18)15-12(13(16)17)9-19-8-11-6-4-3-5-7-11/h3-7,12H,1,8-9H2,2H3,(H,15,18)(H,16,17)/t12-/m1/s1. The van der Waals surface area contributed by atoms with Crippen LogP contribution in [0.25, 0.3) is 0 Å². The monoisotopic (exact) mass is 279 g/mol. The van der Waals surface area contributed by atoms with Crippen LogP contribution in [-0.2, 0) is 20.9 Å². The first kappa shape index (κ1) is 15.7. The van der Waals surface area contributed by atoms with E-state index in [0.717, 1.165) is 5.56 Å². The van der Waals surface area contributed by atoms with Gasteiger partial charge >= 0.3 is 12.1 Å². The van der Waals surface area contributed by atoms with Crippen molar-refractivity contribution in [2.75, 3.05) is 6.61 Å². The SMILES string of the molecule is C=C(C)OC(=O)N[C@H](COCc1ccccc1)C(=O)O. The van der Waals surface area contributed by atoms with Crippen molar-refractivity contribution in [2.45, 2.75) is 19.6 Å². The zero-order valence-electron chi connectivity index (χ0n) is 11.2. The number of carboxylic acid groups (broad SMARTS) is 1. The maximum absolute atomic E-state index is 11.3. The Balaban J connectivity index is 2.41. The lowest BCUT2D eigenvalue weighted by atomic mass is 10.2. The lowest BCUT2D eigenvalue weighted by Crippen LogP contribution is -2.44. The molecular weight excluding hydrogens is 262 g/mol. The Morgan fingerprint density at radius 2 is 2.00 bits per heavy atom. The third-order valence-corrected chi connectivity index (χ3v) is 2.25. The summed E-state index contributed by atoms with van der Waals surface area (Å²) in [7, 11) is 0. The molecule has 0 radical (unpaired) electrons. The van der Waals surface area contributed by atoms with Crippen molar-refractivity contribution in [1.82, 2.24) is 5.32 Å². The Bertz CT molecular complexity index is 472. The van der Waals surface area contributed by atoms with E-state index in [2.05, 4.69) is 16.6 Å². The third-order valence-electron chi connectivity index (χ3n) is 2.25. The predicted molar refractivity (Wildman–Crippen MR) is 72.0 cm³/mol. The van der Waals surface area contributed by atoms with Crippen LogP contribution in [0, 0.1) is 0 Å². The van der Waals surface area contributed by atoms with Crippen molar-refractivity contribution < 1.29 is 24.2 Å². The highest BCUT2D eigenvalue weighted by Gasteiger charge is 2.21. The summed E-state index contributed by atoms with van der Waals surface area (Å²) in [6.45, 7) is 4.98. The van der Waals surface area contributed by atoms with E-state index in [-0.39, 0.29) is 19.0 Å². The Kier molecular flexibility index (Phi) is 6.25. The Morgan fingerprint density at radius 3 is 2.55 bits per heavy atom. The number of carbonyl (C=O) groups excluding carboxylic acids is 1. The molecule has 1 aromatic rings. The molecule has 0 unspecified atom stereocenters. The zero-order chi connectivity index (χ0) is 15.0. The summed E-state index contributed by atoms with van der Waals surface area (Å²) in [5.74, 6) is -1.02. The maximum Gasteiger partial charge on any atom is 0.413 e. The molecule has 1 rings (SSSR count). The number of rotatable bonds is 7. The number of ether oxygens (including phenoxy) is 2. The molecule has 1 atom stereocenters. The van der Waals surface area contributed by atoms with Gasteiger partial charge in [-0.2, -0.15) is 0 Å². The second-order valence-corrected chi connectivity index (χ2v) is 4.13. The zero-order valence-corrected chi connectivity index (χ0v) is 11.2. The summed E-state index contributed by atoms with van der Waals surface area (Å²) in [4.78, 5) is 22.3. The van der Waals surface area contributed by atoms with Gasteiger partial charge in [-0.1, -0.05) is 36.9 Å². The van der Waals surface area contributed by atoms with Crippen LogP contribution in [0.1, 0.15) is 12.5 Å². The van der Waals surface area contributed by atoms with Crippen LogP contribution < -0.4 is 5.32 Å². The fourth-order valence-electron chi connectivity index (χ4n) is 1.37. The van der Waals surface area contributed by atoms with Crippen molar-refractivity contribution in [3.8, 4) is 0 Å². The molecule has 108 valence electrons. The Hall–Kier alpha value is -2.34. The largest absolute Gasteiger partial charge is 0.480 e. The van der Waals surface area contributed by atoms with Crippen LogP contribution in [0.3, 0.4) is 0 Å². The van der Waals surface area contributed by atoms with Crippen molar-refractivity contribution in [2.24, 2.45) is 0 Å². The summed E-state index contributed by atoms with van der Waals surface area (Å²) in [5, 5.41) is 11.2. The molecule has 0 saturated carbocycles. The average molecular weight is 279 g/mol. The number of benzene rings is 1. The van der Waals surface area contributed by atoms with Gasteiger partial charge in [-0.25, -0.2) is 9.59 Å². The number of amides is 1. The van der Waals surface area contributed by atoms with E-state index in [0.29, 0.717) is 0 Å². The van der Waals surface area contributed by atoms with Gasteiger partial charge in [-0.05, 0) is 12.5 Å². The number of alkyl carbamates (subject to hydrolysis) is 1. The van der Waals surface area contributed by atoms with Gasteiger partial charge in [0.1, 0.15) is 0 Å². The van der Waals surface area contributed by atoms with Crippen LogP contribution in [0.2, 0.25) is 0 Å². The lowest BCUT2D eigenvalue weighted by molar-refractivity contribution is -0.141. The summed E-state index contributed by atoms with van der Waals surface area (Å²) in [6, 6.07) is 8.13. The van der Waals surface area contributed by atoms with Crippen LogP contribution in [0.5, 0.6) is 0 Å². The van der Waals surface area contributed by atoms with Crippen LogP contribution >= 0.6 is 0 Å². The first-order chi connectivity index (χ1) is 9.49. The molecule has 0 saturated heterocycles. The van der Waals surface area contributed by atoms with Gasteiger partial charge in [0, 0.05) is 0 Å². The topological polar surface area (TPSA) is 84.9 Å². The molecule has 6 nitrogen and oxygen atoms in total. The normalized spacial score (nSPS) is 11.4. The van der Waals surface area contributed by atoms with Gasteiger partial charge in [0.2, 0.25) is 0 Å². The van der Waals surface area contributed by atoms with Crippen molar-refractivity contribution >= 4 is 12.1 Å². The summed E-state index contributed by atoms with van der Waals surface area (Å²) >= 11 is 0. The molecule has 0 spiro atoms. The molecule has 1 aromatic carbocycles. The number of carbonyl (C=O) groups is 2. The molecule has 2 N–H and O–H groups in total. The second kappa shape index (κ2) is 7.96. The molecule has 0 aliphatic heterocycles. The van der Waals surface area contributed by atoms with Crippen LogP contribution in [-0.4, -0.2) is 29.8 Å². The molecule has 0 fully saturated rings. The highest BCUT2D eigenvalue weighted by Crippen LogP contribution is 2.01.